The van der Waals surface area contributed by atoms with E-state index in [1.165, 1.54) is 6.92 Å². The molecule has 0 aromatic heterocycles. The number of urea groups is 1. The molecule has 1 rings (SSSR count). The van der Waals surface area contributed by atoms with Gasteiger partial charge in [0.1, 0.15) is 18.7 Å². The lowest BCUT2D eigenvalue weighted by atomic mass is 9.82. The average molecular weight is 662 g/mol. The summed E-state index contributed by atoms with van der Waals surface area (Å²) in [7, 11) is 0. The van der Waals surface area contributed by atoms with Gasteiger partial charge in [0.2, 0.25) is 17.7 Å². The van der Waals surface area contributed by atoms with Crippen LogP contribution in [0.2, 0.25) is 0 Å². The number of carbonyl (C=O) groups is 5. The molecule has 3 unspecified atom stereocenters. The van der Waals surface area contributed by atoms with Crippen LogP contribution in [-0.2, 0) is 35.3 Å². The molecule has 6 N–H and O–H groups in total. The zero-order chi connectivity index (χ0) is 35.6. The lowest BCUT2D eigenvalue weighted by molar-refractivity contribution is -0.142. The number of ether oxygens (including phenoxy) is 2. The quantitative estimate of drug-likeness (QED) is 0.0862. The number of benzene rings is 1. The first-order valence-electron chi connectivity index (χ1n) is 16.9. The standard InChI is InChI=1S/C35H59N5O7/c1-9-34(7,10-2)20-22-47-35(8,11-3)19-18-29(42)40-30(24(4)5)32(44)39-28(13-12-21-37-33(36)45)31(43)38-27-16-14-26(15-17-27)23-46-25(6)41/h14-17,24,28,30H,9-13,18-23H2,1-8H3,(H,38,43)(H,39,44)(H,40,42)(H3,36,37,45). The highest BCUT2D eigenvalue weighted by Gasteiger charge is 2.31. The molecule has 0 heterocycles. The Morgan fingerprint density at radius 3 is 2.06 bits per heavy atom. The van der Waals surface area contributed by atoms with E-state index >= 15 is 0 Å². The molecule has 0 saturated carbocycles. The van der Waals surface area contributed by atoms with Crippen LogP contribution in [0.5, 0.6) is 0 Å². The third-order valence-corrected chi connectivity index (χ3v) is 9.02. The predicted octanol–water partition coefficient (Wildman–Crippen LogP) is 4.94. The van der Waals surface area contributed by atoms with Gasteiger partial charge in [-0.25, -0.2) is 4.79 Å². The number of esters is 1. The van der Waals surface area contributed by atoms with E-state index in [9.17, 15) is 24.0 Å². The Morgan fingerprint density at radius 2 is 1.53 bits per heavy atom. The minimum Gasteiger partial charge on any atom is -0.461 e. The highest BCUT2D eigenvalue weighted by atomic mass is 16.5. The molecule has 0 fully saturated rings. The highest BCUT2D eigenvalue weighted by Crippen LogP contribution is 2.31. The SMILES string of the molecule is CCC(C)(CC)CCOC(C)(CC)CCC(=O)NC(C(=O)NC(CCCNC(N)=O)C(=O)Nc1ccc(COC(C)=O)cc1)C(C)C. The molecule has 1 aromatic carbocycles. The van der Waals surface area contributed by atoms with Crippen molar-refractivity contribution in [2.24, 2.45) is 17.1 Å². The Bertz CT molecular complexity index is 1150. The molecule has 0 radical (unpaired) electrons. The molecule has 0 aliphatic heterocycles. The van der Waals surface area contributed by atoms with Crippen molar-refractivity contribution in [3.63, 3.8) is 0 Å². The summed E-state index contributed by atoms with van der Waals surface area (Å²) in [5.74, 6) is -1.86. The second-order valence-corrected chi connectivity index (χ2v) is 13.2. The van der Waals surface area contributed by atoms with Crippen molar-refractivity contribution in [1.29, 1.82) is 0 Å². The van der Waals surface area contributed by atoms with Crippen molar-refractivity contribution in [1.82, 2.24) is 16.0 Å². The van der Waals surface area contributed by atoms with E-state index in [0.29, 0.717) is 25.1 Å². The monoisotopic (exact) mass is 661 g/mol. The Hall–Kier alpha value is -3.67. The van der Waals surface area contributed by atoms with E-state index in [4.69, 9.17) is 15.2 Å². The van der Waals surface area contributed by atoms with Gasteiger partial charge in [0.05, 0.1) is 5.60 Å². The van der Waals surface area contributed by atoms with Crippen molar-refractivity contribution < 1.29 is 33.4 Å². The molecular formula is C35H59N5O7. The van der Waals surface area contributed by atoms with Crippen LogP contribution in [0.3, 0.4) is 0 Å². The first-order valence-corrected chi connectivity index (χ1v) is 16.9. The summed E-state index contributed by atoms with van der Waals surface area (Å²) < 4.78 is 11.3. The number of carbonyl (C=O) groups excluding carboxylic acids is 5. The van der Waals surface area contributed by atoms with Gasteiger partial charge < -0.3 is 36.5 Å². The Balaban J connectivity index is 2.90. The topological polar surface area (TPSA) is 178 Å². The Kier molecular flexibility index (Phi) is 18.1. The van der Waals surface area contributed by atoms with Crippen molar-refractivity contribution in [3.05, 3.63) is 29.8 Å². The van der Waals surface area contributed by atoms with E-state index in [-0.39, 0.29) is 43.2 Å². The van der Waals surface area contributed by atoms with Crippen molar-refractivity contribution >= 4 is 35.4 Å². The minimum absolute atomic E-state index is 0.111. The third kappa shape index (κ3) is 16.1. The van der Waals surface area contributed by atoms with Crippen LogP contribution in [0.1, 0.15) is 112 Å². The third-order valence-electron chi connectivity index (χ3n) is 9.02. The van der Waals surface area contributed by atoms with Gasteiger partial charge in [-0.3, -0.25) is 19.2 Å². The van der Waals surface area contributed by atoms with Gasteiger partial charge >= 0.3 is 12.0 Å². The minimum atomic E-state index is -0.954. The van der Waals surface area contributed by atoms with E-state index in [2.05, 4.69) is 42.0 Å². The summed E-state index contributed by atoms with van der Waals surface area (Å²) in [5, 5.41) is 11.0. The fourth-order valence-electron chi connectivity index (χ4n) is 4.80. The number of hydrogen-bond acceptors (Lipinski definition) is 7. The molecule has 0 aliphatic carbocycles. The number of amides is 5. The van der Waals surface area contributed by atoms with Crippen LogP contribution in [-0.4, -0.2) is 60.6 Å². The maximum absolute atomic E-state index is 13.5. The first-order chi connectivity index (χ1) is 22.1. The van der Waals surface area contributed by atoms with Crippen LogP contribution >= 0.6 is 0 Å². The zero-order valence-corrected chi connectivity index (χ0v) is 29.8. The molecule has 0 saturated heterocycles. The van der Waals surface area contributed by atoms with E-state index in [1.807, 2.05) is 27.7 Å². The van der Waals surface area contributed by atoms with Gasteiger partial charge in [0.25, 0.3) is 0 Å². The molecule has 5 amide bonds. The molecule has 12 heteroatoms. The van der Waals surface area contributed by atoms with Gasteiger partial charge in [-0.2, -0.15) is 0 Å². The van der Waals surface area contributed by atoms with Crippen molar-refractivity contribution in [2.45, 2.75) is 131 Å². The van der Waals surface area contributed by atoms with E-state index in [0.717, 1.165) is 31.2 Å². The summed E-state index contributed by atoms with van der Waals surface area (Å²) in [6.45, 7) is 16.6. The predicted molar refractivity (Wildman–Crippen MR) is 183 cm³/mol. The number of nitrogens with two attached hydrogens (primary N) is 1. The molecule has 47 heavy (non-hydrogen) atoms. The van der Waals surface area contributed by atoms with Gasteiger partial charge in [-0.1, -0.05) is 66.5 Å². The summed E-state index contributed by atoms with van der Waals surface area (Å²) in [5.41, 5.74) is 6.16. The van der Waals surface area contributed by atoms with Gasteiger partial charge in [0, 0.05) is 32.2 Å². The Labute approximate surface area is 281 Å². The van der Waals surface area contributed by atoms with Crippen molar-refractivity contribution in [2.75, 3.05) is 18.5 Å². The van der Waals surface area contributed by atoms with Crippen molar-refractivity contribution in [3.8, 4) is 0 Å². The summed E-state index contributed by atoms with van der Waals surface area (Å²) in [6.07, 6.45) is 5.14. The maximum atomic E-state index is 13.5. The average Bonchev–Trinajstić information content (AvgIpc) is 3.03. The number of rotatable bonds is 22. The number of nitrogens with one attached hydrogen (secondary N) is 4. The van der Waals surface area contributed by atoms with E-state index in [1.54, 1.807) is 24.3 Å². The van der Waals surface area contributed by atoms with Gasteiger partial charge in [-0.05, 0) is 68.1 Å². The smallest absolute Gasteiger partial charge is 0.312 e. The molecule has 3 atom stereocenters. The molecule has 12 nitrogen and oxygen atoms in total. The van der Waals surface area contributed by atoms with Gasteiger partial charge in [-0.15, -0.1) is 0 Å². The molecule has 0 spiro atoms. The van der Waals surface area contributed by atoms with Gasteiger partial charge in [0.15, 0.2) is 0 Å². The normalized spacial score (nSPS) is 14.0. The Morgan fingerprint density at radius 1 is 0.894 bits per heavy atom. The molecular weight excluding hydrogens is 602 g/mol. The van der Waals surface area contributed by atoms with Crippen LogP contribution < -0.4 is 27.0 Å². The lowest BCUT2D eigenvalue weighted by Crippen LogP contribution is -2.54. The number of anilines is 1. The summed E-state index contributed by atoms with van der Waals surface area (Å²) >= 11 is 0. The molecule has 0 aliphatic rings. The van der Waals surface area contributed by atoms with E-state index < -0.39 is 41.5 Å². The second kappa shape index (κ2) is 20.5. The molecule has 1 aromatic rings. The molecule has 0 bridgehead atoms. The fourth-order valence-corrected chi connectivity index (χ4v) is 4.80. The summed E-state index contributed by atoms with van der Waals surface area (Å²) in [4.78, 5) is 62.1. The highest BCUT2D eigenvalue weighted by molar-refractivity contribution is 5.98. The van der Waals surface area contributed by atoms with Crippen LogP contribution in [0.25, 0.3) is 0 Å². The summed E-state index contributed by atoms with van der Waals surface area (Å²) in [6, 6.07) is 4.26. The number of primary amides is 1. The maximum Gasteiger partial charge on any atom is 0.312 e. The lowest BCUT2D eigenvalue weighted by Gasteiger charge is -2.32. The second-order valence-electron chi connectivity index (χ2n) is 13.2. The van der Waals surface area contributed by atoms with Crippen LogP contribution in [0.4, 0.5) is 10.5 Å². The first kappa shape index (κ1) is 41.4. The fraction of sp³-hybridized carbons (Fsp3) is 0.686. The van der Waals surface area contributed by atoms with Crippen LogP contribution in [0.15, 0.2) is 24.3 Å². The molecule has 266 valence electrons. The number of hydrogen-bond donors (Lipinski definition) is 5. The largest absolute Gasteiger partial charge is 0.461 e. The zero-order valence-electron chi connectivity index (χ0n) is 29.8. The van der Waals surface area contributed by atoms with Crippen LogP contribution in [0, 0.1) is 11.3 Å².